The first-order chi connectivity index (χ1) is 15.2. The van der Waals surface area contributed by atoms with Gasteiger partial charge in [0.05, 0.1) is 24.7 Å². The minimum Gasteiger partial charge on any atom is -0.508 e. The standard InChI is InChI=1S/C23H23NO8/c24-22(30)20-18(28)8-13(23(31,10-25)21(20)29)5-11-6-15-14(12-3-4-32-9-12)1-2-16(26)19(15)17(27)7-11/h1-4,9,11,13,25-26,29,31H,5-8,10H2,(H2,24,30)/t11-,13+,23-/m1/s1. The molecule has 0 radical (unpaired) electrons. The Labute approximate surface area is 182 Å². The quantitative estimate of drug-likeness (QED) is 0.433. The average molecular weight is 441 g/mol. The van der Waals surface area contributed by atoms with E-state index in [-0.39, 0.29) is 42.3 Å². The molecule has 168 valence electrons. The molecule has 0 bridgehead atoms. The zero-order valence-corrected chi connectivity index (χ0v) is 17.1. The van der Waals surface area contributed by atoms with E-state index in [4.69, 9.17) is 10.2 Å². The summed E-state index contributed by atoms with van der Waals surface area (Å²) in [6.45, 7) is -0.925. The van der Waals surface area contributed by atoms with Crippen LogP contribution in [0.4, 0.5) is 0 Å². The molecule has 0 aliphatic heterocycles. The van der Waals surface area contributed by atoms with Crippen molar-refractivity contribution in [1.82, 2.24) is 0 Å². The Balaban J connectivity index is 1.68. The number of amides is 1. The number of rotatable bonds is 5. The van der Waals surface area contributed by atoms with E-state index in [1.165, 1.54) is 18.6 Å². The van der Waals surface area contributed by atoms with Crippen molar-refractivity contribution < 1.29 is 39.2 Å². The molecule has 2 aromatic rings. The van der Waals surface area contributed by atoms with Crippen molar-refractivity contribution in [3.63, 3.8) is 0 Å². The lowest BCUT2D eigenvalue weighted by Crippen LogP contribution is -2.51. The van der Waals surface area contributed by atoms with Crippen LogP contribution < -0.4 is 5.73 Å². The third kappa shape index (κ3) is 3.39. The summed E-state index contributed by atoms with van der Waals surface area (Å²) in [7, 11) is 0. The monoisotopic (exact) mass is 441 g/mol. The lowest BCUT2D eigenvalue weighted by Gasteiger charge is -2.40. The van der Waals surface area contributed by atoms with Gasteiger partial charge < -0.3 is 30.6 Å². The fraction of sp³-hybridized carbons (Fsp3) is 0.348. The zero-order valence-electron chi connectivity index (χ0n) is 17.1. The maximum atomic E-state index is 12.9. The Kier molecular flexibility index (Phi) is 5.39. The Bertz CT molecular complexity index is 1130. The predicted molar refractivity (Wildman–Crippen MR) is 111 cm³/mol. The number of fused-ring (bicyclic) bond motifs is 1. The van der Waals surface area contributed by atoms with Crippen molar-refractivity contribution in [1.29, 1.82) is 0 Å². The van der Waals surface area contributed by atoms with E-state index in [2.05, 4.69) is 0 Å². The van der Waals surface area contributed by atoms with Crippen LogP contribution in [0, 0.1) is 11.8 Å². The van der Waals surface area contributed by atoms with Gasteiger partial charge in [-0.2, -0.15) is 0 Å². The van der Waals surface area contributed by atoms with Gasteiger partial charge >= 0.3 is 0 Å². The molecule has 9 nitrogen and oxygen atoms in total. The molecule has 3 atom stereocenters. The van der Waals surface area contributed by atoms with Gasteiger partial charge in [-0.1, -0.05) is 6.07 Å². The van der Waals surface area contributed by atoms with E-state index in [9.17, 15) is 34.8 Å². The number of carbonyl (C=O) groups excluding carboxylic acids is 3. The molecule has 1 aromatic heterocycles. The first-order valence-electron chi connectivity index (χ1n) is 10.2. The molecule has 0 spiro atoms. The predicted octanol–water partition coefficient (Wildman–Crippen LogP) is 1.40. The van der Waals surface area contributed by atoms with Gasteiger partial charge in [0.25, 0.3) is 5.91 Å². The number of phenolic OH excluding ortho intramolecular Hbond substituents is 1. The van der Waals surface area contributed by atoms with E-state index < -0.39 is 41.1 Å². The van der Waals surface area contributed by atoms with Crippen molar-refractivity contribution in [2.24, 2.45) is 17.6 Å². The topological polar surface area (TPSA) is 171 Å². The van der Waals surface area contributed by atoms with Crippen LogP contribution in [0.2, 0.25) is 0 Å². The second-order valence-electron chi connectivity index (χ2n) is 8.43. The first-order valence-corrected chi connectivity index (χ1v) is 10.2. The number of Topliss-reactive ketones (excluding diaryl/α,β-unsaturated/α-hetero) is 2. The van der Waals surface area contributed by atoms with Gasteiger partial charge in [0.1, 0.15) is 22.7 Å². The van der Waals surface area contributed by atoms with E-state index in [0.29, 0.717) is 12.0 Å². The fourth-order valence-electron chi connectivity index (χ4n) is 4.91. The molecule has 4 rings (SSSR count). The summed E-state index contributed by atoms with van der Waals surface area (Å²) >= 11 is 0. The van der Waals surface area contributed by atoms with Crippen molar-refractivity contribution >= 4 is 17.5 Å². The number of furan rings is 1. The second-order valence-corrected chi connectivity index (χ2v) is 8.43. The molecule has 1 amide bonds. The molecular formula is C23H23NO8. The smallest absolute Gasteiger partial charge is 0.255 e. The Hall–Kier alpha value is -3.43. The Morgan fingerprint density at radius 3 is 2.50 bits per heavy atom. The van der Waals surface area contributed by atoms with Crippen molar-refractivity contribution in [3.05, 3.63) is 53.2 Å². The minimum atomic E-state index is -2.23. The molecule has 6 N–H and O–H groups in total. The van der Waals surface area contributed by atoms with Crippen LogP contribution in [0.5, 0.6) is 5.75 Å². The molecule has 0 saturated heterocycles. The highest BCUT2D eigenvalue weighted by Gasteiger charge is 2.50. The molecule has 1 aromatic carbocycles. The van der Waals surface area contributed by atoms with Gasteiger partial charge in [0.15, 0.2) is 11.6 Å². The lowest BCUT2D eigenvalue weighted by atomic mass is 9.68. The number of benzene rings is 1. The minimum absolute atomic E-state index is 0.0503. The maximum Gasteiger partial charge on any atom is 0.255 e. The Morgan fingerprint density at radius 1 is 1.12 bits per heavy atom. The summed E-state index contributed by atoms with van der Waals surface area (Å²) in [6.07, 6.45) is 3.23. The number of aliphatic hydroxyl groups is 3. The van der Waals surface area contributed by atoms with Gasteiger partial charge in [-0.15, -0.1) is 0 Å². The first kappa shape index (κ1) is 21.8. The van der Waals surface area contributed by atoms with Crippen LogP contribution in [0.15, 0.2) is 46.5 Å². The van der Waals surface area contributed by atoms with Gasteiger partial charge in [-0.05, 0) is 42.0 Å². The van der Waals surface area contributed by atoms with E-state index in [1.807, 2.05) is 0 Å². The highest BCUT2D eigenvalue weighted by atomic mass is 16.4. The summed E-state index contributed by atoms with van der Waals surface area (Å²) in [4.78, 5) is 36.8. The second kappa shape index (κ2) is 7.92. The third-order valence-electron chi connectivity index (χ3n) is 6.51. The Morgan fingerprint density at radius 2 is 1.88 bits per heavy atom. The third-order valence-corrected chi connectivity index (χ3v) is 6.51. The highest BCUT2D eigenvalue weighted by Crippen LogP contribution is 2.44. The van der Waals surface area contributed by atoms with Gasteiger partial charge in [-0.3, -0.25) is 14.4 Å². The molecule has 32 heavy (non-hydrogen) atoms. The molecule has 9 heteroatoms. The van der Waals surface area contributed by atoms with Crippen LogP contribution in [0.1, 0.15) is 35.2 Å². The summed E-state index contributed by atoms with van der Waals surface area (Å²) in [5.74, 6) is -4.53. The number of hydrogen-bond donors (Lipinski definition) is 5. The number of aromatic hydroxyl groups is 1. The largest absolute Gasteiger partial charge is 0.508 e. The molecule has 0 saturated carbocycles. The van der Waals surface area contributed by atoms with Crippen LogP contribution in [0.3, 0.4) is 0 Å². The SMILES string of the molecule is NC(=O)C1=C(O)[C@@](O)(CO)[C@@H](C[C@H]2CC(=O)c3c(O)ccc(-c4ccoc4)c3C2)CC1=O. The van der Waals surface area contributed by atoms with Gasteiger partial charge in [-0.25, -0.2) is 0 Å². The van der Waals surface area contributed by atoms with Crippen molar-refractivity contribution in [2.45, 2.75) is 31.3 Å². The summed E-state index contributed by atoms with van der Waals surface area (Å²) in [5.41, 5.74) is 4.53. The number of ketones is 2. The molecule has 2 aliphatic rings. The average Bonchev–Trinajstić information content (AvgIpc) is 3.26. The van der Waals surface area contributed by atoms with Crippen molar-refractivity contribution in [3.8, 4) is 16.9 Å². The van der Waals surface area contributed by atoms with Crippen LogP contribution in [0.25, 0.3) is 11.1 Å². The molecule has 1 heterocycles. The van der Waals surface area contributed by atoms with Crippen LogP contribution in [-0.4, -0.2) is 50.1 Å². The van der Waals surface area contributed by atoms with Crippen LogP contribution >= 0.6 is 0 Å². The highest BCUT2D eigenvalue weighted by molar-refractivity contribution is 6.20. The normalized spacial score (nSPS) is 25.7. The van der Waals surface area contributed by atoms with Crippen molar-refractivity contribution in [2.75, 3.05) is 6.61 Å². The molecular weight excluding hydrogens is 418 g/mol. The van der Waals surface area contributed by atoms with Gasteiger partial charge in [0, 0.05) is 24.3 Å². The fourth-order valence-corrected chi connectivity index (χ4v) is 4.91. The summed E-state index contributed by atoms with van der Waals surface area (Å²) < 4.78 is 5.14. The van der Waals surface area contributed by atoms with Gasteiger partial charge in [0.2, 0.25) is 0 Å². The molecule has 0 unspecified atom stereocenters. The maximum absolute atomic E-state index is 12.9. The number of primary amides is 1. The van der Waals surface area contributed by atoms with E-state index in [0.717, 1.165) is 11.1 Å². The lowest BCUT2D eigenvalue weighted by molar-refractivity contribution is -0.130. The van der Waals surface area contributed by atoms with Crippen LogP contribution in [-0.2, 0) is 16.0 Å². The number of carbonyl (C=O) groups is 3. The zero-order chi connectivity index (χ0) is 23.2. The number of nitrogens with two attached hydrogens (primary N) is 1. The van der Waals surface area contributed by atoms with E-state index >= 15 is 0 Å². The summed E-state index contributed by atoms with van der Waals surface area (Å²) in [5, 5.41) is 41.4. The number of hydrogen-bond acceptors (Lipinski definition) is 8. The number of aliphatic hydroxyl groups excluding tert-OH is 2. The molecule has 2 aliphatic carbocycles. The molecule has 0 fully saturated rings. The summed E-state index contributed by atoms with van der Waals surface area (Å²) in [6, 6.07) is 4.88. The van der Waals surface area contributed by atoms with E-state index in [1.54, 1.807) is 12.1 Å². The number of phenols is 1.